The second-order valence-electron chi connectivity index (χ2n) is 13.5. The number of benzene rings is 2. The van der Waals surface area contributed by atoms with E-state index >= 15 is 0 Å². The number of nitrogens with one attached hydrogen (secondary N) is 1. The Morgan fingerprint density at radius 3 is 2.25 bits per heavy atom. The van der Waals surface area contributed by atoms with Gasteiger partial charge in [0.05, 0.1) is 6.54 Å². The number of nitrogen functional groups attached to an aromatic ring is 1. The molecule has 1 spiro atoms. The number of carbonyl (C=O) groups is 2. The van der Waals surface area contributed by atoms with Gasteiger partial charge in [-0.05, 0) is 93.3 Å². The van der Waals surface area contributed by atoms with Gasteiger partial charge in [0.2, 0.25) is 5.91 Å². The smallest absolute Gasteiger partial charge is 0.410 e. The Hall–Kier alpha value is -3.40. The molecule has 2 amide bonds. The Balaban J connectivity index is 0.919. The highest BCUT2D eigenvalue weighted by atomic mass is 19.1. The molecule has 10 heteroatoms. The molecule has 3 saturated heterocycles. The van der Waals surface area contributed by atoms with Crippen LogP contribution in [0.5, 0.6) is 0 Å². The first-order valence-electron chi connectivity index (χ1n) is 16.2. The lowest BCUT2D eigenvalue weighted by molar-refractivity contribution is -0.137. The van der Waals surface area contributed by atoms with Crippen molar-refractivity contribution in [1.29, 1.82) is 0 Å². The van der Waals surface area contributed by atoms with Crippen LogP contribution in [0.3, 0.4) is 0 Å². The molecule has 1 saturated carbocycles. The monoisotopic (exact) mass is 609 g/mol. The van der Waals surface area contributed by atoms with Gasteiger partial charge in [-0.25, -0.2) is 13.6 Å². The molecule has 4 aliphatic rings. The molecular weight excluding hydrogens is 564 g/mol. The molecule has 0 aromatic heterocycles. The number of aryl methyl sites for hydroxylation is 1. The largest absolute Gasteiger partial charge is 0.441 e. The number of piperidine rings is 2. The molecule has 238 valence electrons. The SMILES string of the molecule is Cc1cc(F)c(CN2CCC3(CC2)CN(CC2CCC(C(=O)N4CCC(Nc5ccc(N)cc5)CC4)CC2)C(=O)O3)c(F)c1. The van der Waals surface area contributed by atoms with Crippen LogP contribution in [0.1, 0.15) is 62.5 Å². The van der Waals surface area contributed by atoms with Crippen molar-refractivity contribution < 1.29 is 23.1 Å². The van der Waals surface area contributed by atoms with Crippen molar-refractivity contribution in [3.05, 3.63) is 59.2 Å². The molecule has 0 bridgehead atoms. The van der Waals surface area contributed by atoms with Gasteiger partial charge >= 0.3 is 6.09 Å². The number of amides is 2. The number of rotatable bonds is 7. The second-order valence-corrected chi connectivity index (χ2v) is 13.5. The number of anilines is 2. The van der Waals surface area contributed by atoms with Gasteiger partial charge in [-0.3, -0.25) is 9.69 Å². The number of hydrogen-bond donors (Lipinski definition) is 2. The van der Waals surface area contributed by atoms with E-state index < -0.39 is 17.2 Å². The van der Waals surface area contributed by atoms with E-state index in [0.717, 1.165) is 63.0 Å². The first-order chi connectivity index (χ1) is 21.2. The Labute approximate surface area is 258 Å². The average molecular weight is 610 g/mol. The molecular formula is C34H45F2N5O3. The van der Waals surface area contributed by atoms with Gasteiger partial charge < -0.3 is 25.6 Å². The third-order valence-electron chi connectivity index (χ3n) is 10.2. The fourth-order valence-corrected chi connectivity index (χ4v) is 7.54. The van der Waals surface area contributed by atoms with E-state index in [4.69, 9.17) is 10.5 Å². The van der Waals surface area contributed by atoms with Gasteiger partial charge in [0.1, 0.15) is 17.2 Å². The molecule has 3 aliphatic heterocycles. The summed E-state index contributed by atoms with van der Waals surface area (Å²) in [6.45, 7) is 5.91. The van der Waals surface area contributed by atoms with Crippen molar-refractivity contribution in [3.63, 3.8) is 0 Å². The van der Waals surface area contributed by atoms with Crippen LogP contribution in [0.15, 0.2) is 36.4 Å². The molecule has 8 nitrogen and oxygen atoms in total. The molecule has 6 rings (SSSR count). The third-order valence-corrected chi connectivity index (χ3v) is 10.2. The molecule has 2 aromatic rings. The topological polar surface area (TPSA) is 91.1 Å². The zero-order valence-corrected chi connectivity index (χ0v) is 25.7. The Morgan fingerprint density at radius 2 is 1.61 bits per heavy atom. The van der Waals surface area contributed by atoms with Crippen LogP contribution in [0, 0.1) is 30.4 Å². The summed E-state index contributed by atoms with van der Waals surface area (Å²) in [4.78, 5) is 32.1. The number of nitrogens with zero attached hydrogens (tertiary/aromatic N) is 3. The molecule has 3 heterocycles. The zero-order chi connectivity index (χ0) is 30.8. The van der Waals surface area contributed by atoms with E-state index in [1.807, 2.05) is 39.0 Å². The predicted molar refractivity (Wildman–Crippen MR) is 166 cm³/mol. The summed E-state index contributed by atoms with van der Waals surface area (Å²) in [5.74, 6) is -0.303. The van der Waals surface area contributed by atoms with Gasteiger partial charge in [-0.2, -0.15) is 0 Å². The van der Waals surface area contributed by atoms with E-state index in [1.165, 1.54) is 12.1 Å². The second kappa shape index (κ2) is 12.9. The van der Waals surface area contributed by atoms with Crippen LogP contribution >= 0.6 is 0 Å². The van der Waals surface area contributed by atoms with Crippen LogP contribution in [-0.2, 0) is 16.1 Å². The zero-order valence-electron chi connectivity index (χ0n) is 25.7. The van der Waals surface area contributed by atoms with Crippen molar-refractivity contribution in [2.45, 2.75) is 76.5 Å². The standard InChI is InChI=1S/C34H45F2N5O3/c1-23-18-30(35)29(31(36)19-23)21-39-16-12-34(13-17-39)22-41(33(43)44-34)20-24-2-4-25(5-3-24)32(42)40-14-10-28(11-15-40)38-27-8-6-26(37)7-9-27/h6-9,18-19,24-25,28,38H,2-5,10-17,20-22,37H2,1H3. The Kier molecular flexibility index (Phi) is 8.98. The van der Waals surface area contributed by atoms with Crippen LogP contribution in [0.2, 0.25) is 0 Å². The van der Waals surface area contributed by atoms with E-state index in [-0.39, 0.29) is 30.0 Å². The normalized spacial score (nSPS) is 24.5. The van der Waals surface area contributed by atoms with Gasteiger partial charge in [0.25, 0.3) is 0 Å². The van der Waals surface area contributed by atoms with Crippen LogP contribution in [0.25, 0.3) is 0 Å². The summed E-state index contributed by atoms with van der Waals surface area (Å²) >= 11 is 0. The van der Waals surface area contributed by atoms with E-state index in [0.29, 0.717) is 56.5 Å². The maximum absolute atomic E-state index is 14.4. The van der Waals surface area contributed by atoms with E-state index in [1.54, 1.807) is 6.92 Å². The summed E-state index contributed by atoms with van der Waals surface area (Å²) in [6.07, 6.45) is 6.50. The first-order valence-corrected chi connectivity index (χ1v) is 16.2. The number of carbonyl (C=O) groups excluding carboxylic acids is 2. The third kappa shape index (κ3) is 6.95. The Morgan fingerprint density at radius 1 is 0.977 bits per heavy atom. The summed E-state index contributed by atoms with van der Waals surface area (Å²) in [6, 6.07) is 10.9. The summed E-state index contributed by atoms with van der Waals surface area (Å²) in [5.41, 5.74) is 7.74. The maximum Gasteiger partial charge on any atom is 0.410 e. The number of nitrogens with two attached hydrogens (primary N) is 1. The fourth-order valence-electron chi connectivity index (χ4n) is 7.54. The van der Waals surface area contributed by atoms with Crippen LogP contribution in [-0.4, -0.2) is 77.6 Å². The molecule has 0 radical (unpaired) electrons. The van der Waals surface area contributed by atoms with Crippen molar-refractivity contribution in [2.24, 2.45) is 11.8 Å². The minimum atomic E-state index is -0.528. The van der Waals surface area contributed by atoms with Crippen molar-refractivity contribution in [2.75, 3.05) is 50.3 Å². The minimum absolute atomic E-state index is 0.0669. The van der Waals surface area contributed by atoms with Crippen molar-refractivity contribution >= 4 is 23.4 Å². The molecule has 3 N–H and O–H groups in total. The average Bonchev–Trinajstić information content (AvgIpc) is 3.31. The number of hydrogen-bond acceptors (Lipinski definition) is 6. The summed E-state index contributed by atoms with van der Waals surface area (Å²) in [5, 5.41) is 3.56. The molecule has 0 unspecified atom stereocenters. The number of likely N-dealkylation sites (tertiary alicyclic amines) is 2. The maximum atomic E-state index is 14.4. The number of halogens is 2. The fraction of sp³-hybridized carbons (Fsp3) is 0.588. The van der Waals surface area contributed by atoms with Crippen molar-refractivity contribution in [1.82, 2.24) is 14.7 Å². The van der Waals surface area contributed by atoms with E-state index in [2.05, 4.69) is 5.32 Å². The first kappa shape index (κ1) is 30.6. The highest BCUT2D eigenvalue weighted by molar-refractivity contribution is 5.79. The van der Waals surface area contributed by atoms with E-state index in [9.17, 15) is 18.4 Å². The molecule has 44 heavy (non-hydrogen) atoms. The summed E-state index contributed by atoms with van der Waals surface area (Å²) in [7, 11) is 0. The van der Waals surface area contributed by atoms with Gasteiger partial charge in [0.15, 0.2) is 0 Å². The van der Waals surface area contributed by atoms with Crippen molar-refractivity contribution in [3.8, 4) is 0 Å². The molecule has 2 aromatic carbocycles. The molecule has 4 fully saturated rings. The molecule has 0 atom stereocenters. The minimum Gasteiger partial charge on any atom is -0.441 e. The number of ether oxygens (including phenoxy) is 1. The molecule has 1 aliphatic carbocycles. The lowest BCUT2D eigenvalue weighted by Crippen LogP contribution is -2.47. The lowest BCUT2D eigenvalue weighted by atomic mass is 9.80. The van der Waals surface area contributed by atoms with Crippen LogP contribution < -0.4 is 11.1 Å². The van der Waals surface area contributed by atoms with Gasteiger partial charge in [0, 0.05) is 81.0 Å². The summed E-state index contributed by atoms with van der Waals surface area (Å²) < 4.78 is 34.7. The highest BCUT2D eigenvalue weighted by Gasteiger charge is 2.47. The highest BCUT2D eigenvalue weighted by Crippen LogP contribution is 2.37. The Bertz CT molecular complexity index is 1310. The van der Waals surface area contributed by atoms with Gasteiger partial charge in [-0.1, -0.05) is 0 Å². The quantitative estimate of drug-likeness (QED) is 0.400. The predicted octanol–water partition coefficient (Wildman–Crippen LogP) is 5.55. The van der Waals surface area contributed by atoms with Gasteiger partial charge in [-0.15, -0.1) is 0 Å². The lowest BCUT2D eigenvalue weighted by Gasteiger charge is -2.38. The van der Waals surface area contributed by atoms with Crippen LogP contribution in [0.4, 0.5) is 25.0 Å².